The largest absolute Gasteiger partial charge is 0.457 e. The quantitative estimate of drug-likeness (QED) is 0.912. The third kappa shape index (κ3) is 4.23. The third-order valence-corrected chi connectivity index (χ3v) is 4.27. The zero-order valence-corrected chi connectivity index (χ0v) is 15.4. The Balaban J connectivity index is 1.64. The summed E-state index contributed by atoms with van der Waals surface area (Å²) < 4.78 is 5.77. The molecule has 0 saturated carbocycles. The Morgan fingerprint density at radius 3 is 2.27 bits per heavy atom. The maximum Gasteiger partial charge on any atom is 0.229 e. The van der Waals surface area contributed by atoms with E-state index in [1.54, 1.807) is 4.90 Å². The molecule has 0 spiro atoms. The molecule has 0 radical (unpaired) electrons. The van der Waals surface area contributed by atoms with E-state index >= 15 is 0 Å². The van der Waals surface area contributed by atoms with Crippen LogP contribution in [0.25, 0.3) is 0 Å². The summed E-state index contributed by atoms with van der Waals surface area (Å²) in [5, 5.41) is 2.97. The second kappa shape index (κ2) is 7.20. The molecule has 0 bridgehead atoms. The molecule has 5 heteroatoms. The van der Waals surface area contributed by atoms with Crippen molar-refractivity contribution in [2.45, 2.75) is 33.2 Å². The van der Waals surface area contributed by atoms with Crippen molar-refractivity contribution in [1.29, 1.82) is 0 Å². The van der Waals surface area contributed by atoms with Crippen LogP contribution in [0.15, 0.2) is 54.6 Å². The topological polar surface area (TPSA) is 58.6 Å². The zero-order chi connectivity index (χ0) is 18.7. The minimum absolute atomic E-state index is 0.0148. The first-order valence-corrected chi connectivity index (χ1v) is 8.77. The first-order chi connectivity index (χ1) is 12.3. The average molecular weight is 352 g/mol. The molecule has 5 nitrogen and oxygen atoms in total. The molecule has 2 amide bonds. The Hall–Kier alpha value is -2.82. The number of nitrogens with one attached hydrogen (secondary N) is 1. The van der Waals surface area contributed by atoms with E-state index in [4.69, 9.17) is 4.74 Å². The summed E-state index contributed by atoms with van der Waals surface area (Å²) in [6.07, 6.45) is 0.323. The van der Waals surface area contributed by atoms with Gasteiger partial charge in [-0.15, -0.1) is 0 Å². The summed E-state index contributed by atoms with van der Waals surface area (Å²) in [4.78, 5) is 26.2. The maximum atomic E-state index is 12.3. The van der Waals surface area contributed by atoms with Crippen molar-refractivity contribution >= 4 is 17.5 Å². The number of amides is 2. The molecule has 2 aromatic rings. The summed E-state index contributed by atoms with van der Waals surface area (Å²) in [6.45, 7) is 6.08. The Kier molecular flexibility index (Phi) is 4.98. The van der Waals surface area contributed by atoms with Gasteiger partial charge in [0.1, 0.15) is 11.5 Å². The lowest BCUT2D eigenvalue weighted by Gasteiger charge is -2.22. The van der Waals surface area contributed by atoms with Gasteiger partial charge in [0.25, 0.3) is 0 Å². The maximum absolute atomic E-state index is 12.3. The van der Waals surface area contributed by atoms with E-state index in [0.29, 0.717) is 18.7 Å². The highest BCUT2D eigenvalue weighted by Crippen LogP contribution is 2.27. The monoisotopic (exact) mass is 352 g/mol. The molecular weight excluding hydrogens is 328 g/mol. The number of hydrogen-bond acceptors (Lipinski definition) is 3. The lowest BCUT2D eigenvalue weighted by molar-refractivity contribution is -0.129. The highest BCUT2D eigenvalue weighted by atomic mass is 16.5. The molecule has 2 aromatic carbocycles. The second-order valence-electron chi connectivity index (χ2n) is 7.54. The van der Waals surface area contributed by atoms with E-state index in [-0.39, 0.29) is 17.9 Å². The normalized spacial score (nSPS) is 17.3. The van der Waals surface area contributed by atoms with Crippen LogP contribution in [0.4, 0.5) is 5.69 Å². The van der Waals surface area contributed by atoms with E-state index in [9.17, 15) is 9.59 Å². The van der Waals surface area contributed by atoms with E-state index in [2.05, 4.69) is 5.32 Å². The molecule has 0 unspecified atom stereocenters. The van der Waals surface area contributed by atoms with Crippen LogP contribution >= 0.6 is 0 Å². The van der Waals surface area contributed by atoms with Gasteiger partial charge in [-0.1, -0.05) is 39.0 Å². The van der Waals surface area contributed by atoms with Gasteiger partial charge in [0.05, 0.1) is 6.04 Å². The zero-order valence-electron chi connectivity index (χ0n) is 15.4. The number of ether oxygens (including phenoxy) is 1. The molecule has 1 atom stereocenters. The smallest absolute Gasteiger partial charge is 0.229 e. The number of hydrogen-bond donors (Lipinski definition) is 1. The van der Waals surface area contributed by atoms with Gasteiger partial charge in [-0.25, -0.2) is 0 Å². The van der Waals surface area contributed by atoms with Crippen molar-refractivity contribution in [3.63, 3.8) is 0 Å². The van der Waals surface area contributed by atoms with E-state index in [1.165, 1.54) is 0 Å². The highest BCUT2D eigenvalue weighted by molar-refractivity contribution is 5.97. The average Bonchev–Trinajstić information content (AvgIpc) is 2.96. The van der Waals surface area contributed by atoms with E-state index in [1.807, 2.05) is 75.4 Å². The summed E-state index contributed by atoms with van der Waals surface area (Å²) >= 11 is 0. The van der Waals surface area contributed by atoms with Gasteiger partial charge in [-0.05, 0) is 36.4 Å². The third-order valence-electron chi connectivity index (χ3n) is 4.27. The first-order valence-electron chi connectivity index (χ1n) is 8.77. The predicted octanol–water partition coefficient (Wildman–Crippen LogP) is 3.75. The van der Waals surface area contributed by atoms with Gasteiger partial charge in [-0.3, -0.25) is 9.59 Å². The molecule has 1 fully saturated rings. The lowest BCUT2D eigenvalue weighted by Crippen LogP contribution is -2.43. The first kappa shape index (κ1) is 18.0. The molecule has 3 rings (SSSR count). The van der Waals surface area contributed by atoms with Crippen LogP contribution < -0.4 is 15.0 Å². The molecule has 1 saturated heterocycles. The molecule has 1 N–H and O–H groups in total. The number of benzene rings is 2. The molecule has 0 aliphatic carbocycles. The van der Waals surface area contributed by atoms with Crippen molar-refractivity contribution in [2.24, 2.45) is 5.41 Å². The number of nitrogens with zero attached hydrogens (tertiary/aromatic N) is 1. The van der Waals surface area contributed by atoms with E-state index < -0.39 is 5.41 Å². The van der Waals surface area contributed by atoms with E-state index in [0.717, 1.165) is 11.4 Å². The van der Waals surface area contributed by atoms with Crippen LogP contribution in [0.3, 0.4) is 0 Å². The number of anilines is 1. The van der Waals surface area contributed by atoms with Gasteiger partial charge in [0.15, 0.2) is 0 Å². The number of para-hydroxylation sites is 1. The van der Waals surface area contributed by atoms with Crippen LogP contribution in [-0.2, 0) is 9.59 Å². The molecule has 26 heavy (non-hydrogen) atoms. The Bertz CT molecular complexity index is 779. The number of carbonyl (C=O) groups is 2. The standard InChI is InChI=1S/C21H24N2O3/c1-21(2,3)20(25)22-15-13-19(24)23(14-15)16-9-11-18(12-10-16)26-17-7-5-4-6-8-17/h4-12,15H,13-14H2,1-3H3,(H,22,25)/t15-/m0/s1. The molecule has 1 aliphatic heterocycles. The number of carbonyl (C=O) groups excluding carboxylic acids is 2. The van der Waals surface area contributed by atoms with Crippen LogP contribution in [-0.4, -0.2) is 24.4 Å². The molecular formula is C21H24N2O3. The van der Waals surface area contributed by atoms with Gasteiger partial charge in [-0.2, -0.15) is 0 Å². The van der Waals surface area contributed by atoms with Crippen LogP contribution in [0.2, 0.25) is 0 Å². The van der Waals surface area contributed by atoms with Gasteiger partial charge >= 0.3 is 0 Å². The lowest BCUT2D eigenvalue weighted by atomic mass is 9.95. The van der Waals surface area contributed by atoms with Crippen LogP contribution in [0.5, 0.6) is 11.5 Å². The Morgan fingerprint density at radius 1 is 1.04 bits per heavy atom. The fraction of sp³-hybridized carbons (Fsp3) is 0.333. The molecule has 136 valence electrons. The fourth-order valence-corrected chi connectivity index (χ4v) is 2.77. The molecule has 1 heterocycles. The number of rotatable bonds is 4. The van der Waals surface area contributed by atoms with Gasteiger partial charge < -0.3 is 15.0 Å². The van der Waals surface area contributed by atoms with Crippen LogP contribution in [0, 0.1) is 5.41 Å². The fourth-order valence-electron chi connectivity index (χ4n) is 2.77. The Labute approximate surface area is 154 Å². The SMILES string of the molecule is CC(C)(C)C(=O)N[C@H]1CC(=O)N(c2ccc(Oc3ccccc3)cc2)C1. The van der Waals surface area contributed by atoms with Gasteiger partial charge in [0, 0.05) is 24.1 Å². The highest BCUT2D eigenvalue weighted by Gasteiger charge is 2.33. The molecule has 1 aliphatic rings. The van der Waals surface area contributed by atoms with Crippen molar-refractivity contribution in [3.05, 3.63) is 54.6 Å². The Morgan fingerprint density at radius 2 is 1.65 bits per heavy atom. The summed E-state index contributed by atoms with van der Waals surface area (Å²) in [6, 6.07) is 16.8. The van der Waals surface area contributed by atoms with Crippen molar-refractivity contribution in [3.8, 4) is 11.5 Å². The minimum Gasteiger partial charge on any atom is -0.457 e. The van der Waals surface area contributed by atoms with Gasteiger partial charge in [0.2, 0.25) is 11.8 Å². The predicted molar refractivity (Wildman–Crippen MR) is 101 cm³/mol. The molecule has 0 aromatic heterocycles. The summed E-state index contributed by atoms with van der Waals surface area (Å²) in [7, 11) is 0. The summed E-state index contributed by atoms with van der Waals surface area (Å²) in [5.41, 5.74) is 0.343. The minimum atomic E-state index is -0.465. The van der Waals surface area contributed by atoms with Crippen molar-refractivity contribution < 1.29 is 14.3 Å². The second-order valence-corrected chi connectivity index (χ2v) is 7.54. The van der Waals surface area contributed by atoms with Crippen molar-refractivity contribution in [1.82, 2.24) is 5.32 Å². The van der Waals surface area contributed by atoms with Crippen LogP contribution in [0.1, 0.15) is 27.2 Å². The van der Waals surface area contributed by atoms with Crippen molar-refractivity contribution in [2.75, 3.05) is 11.4 Å². The summed E-state index contributed by atoms with van der Waals surface area (Å²) in [5.74, 6) is 1.45.